The Balaban J connectivity index is 1.32. The molecule has 0 saturated heterocycles. The van der Waals surface area contributed by atoms with Gasteiger partial charge in [-0.15, -0.1) is 0 Å². The van der Waals surface area contributed by atoms with Crippen LogP contribution in [-0.4, -0.2) is 24.3 Å². The second kappa shape index (κ2) is 8.84. The van der Waals surface area contributed by atoms with Crippen molar-refractivity contribution in [2.24, 2.45) is 0 Å². The summed E-state index contributed by atoms with van der Waals surface area (Å²) in [6, 6.07) is 17.1. The fourth-order valence-corrected chi connectivity index (χ4v) is 3.84. The highest BCUT2D eigenvalue weighted by Crippen LogP contribution is 2.37. The molecule has 0 saturated carbocycles. The zero-order valence-corrected chi connectivity index (χ0v) is 17.9. The minimum atomic E-state index is -0.708. The van der Waals surface area contributed by atoms with Crippen molar-refractivity contribution >= 4 is 17.1 Å². The van der Waals surface area contributed by atoms with Gasteiger partial charge in [0.15, 0.2) is 0 Å². The highest BCUT2D eigenvalue weighted by molar-refractivity contribution is 5.79. The Bertz CT molecular complexity index is 1120. The van der Waals surface area contributed by atoms with Crippen LogP contribution >= 0.6 is 0 Å². The molecule has 0 spiro atoms. The minimum absolute atomic E-state index is 0.399. The molecule has 0 aliphatic carbocycles. The van der Waals surface area contributed by atoms with E-state index >= 15 is 0 Å². The molecular weight excluding hydrogens is 394 g/mol. The van der Waals surface area contributed by atoms with E-state index in [1.54, 1.807) is 12.1 Å². The van der Waals surface area contributed by atoms with Crippen LogP contribution in [0, 0.1) is 0 Å². The molecular formula is C25H27NO5. The van der Waals surface area contributed by atoms with Gasteiger partial charge in [-0.2, -0.15) is 0 Å². The fourth-order valence-electron chi connectivity index (χ4n) is 3.84. The van der Waals surface area contributed by atoms with Gasteiger partial charge in [0.05, 0.1) is 0 Å². The van der Waals surface area contributed by atoms with Crippen molar-refractivity contribution in [3.63, 3.8) is 0 Å². The van der Waals surface area contributed by atoms with Gasteiger partial charge in [0.2, 0.25) is 0 Å². The van der Waals surface area contributed by atoms with E-state index < -0.39 is 23.4 Å². The molecule has 1 aliphatic heterocycles. The molecule has 4 rings (SSSR count). The molecule has 1 N–H and O–H groups in total. The van der Waals surface area contributed by atoms with Crippen LogP contribution in [0.15, 0.2) is 63.8 Å². The van der Waals surface area contributed by atoms with Gasteiger partial charge in [-0.1, -0.05) is 30.3 Å². The smallest absolute Gasteiger partial charge is 0.407 e. The molecule has 162 valence electrons. The number of benzene rings is 2. The standard InChI is InChI=1S/C25H27NO5/c1-25(2)22(30-24(28)26-13-7-6-10-17-8-4-3-5-9-17)15-19-14-18-11-12-23(27)29-20(18)16-21(19)31-25/h3-5,8-9,11-12,14,16,22H,6-7,10,13,15H2,1-2H3,(H,26,28)/t22-/m0/s1. The molecule has 1 amide bonds. The van der Waals surface area contributed by atoms with Crippen molar-refractivity contribution < 1.29 is 18.7 Å². The molecule has 31 heavy (non-hydrogen) atoms. The number of carbonyl (C=O) groups excluding carboxylic acids is 1. The molecule has 1 atom stereocenters. The number of unbranched alkanes of at least 4 members (excludes halogenated alkanes) is 1. The van der Waals surface area contributed by atoms with Crippen LogP contribution in [0.5, 0.6) is 5.75 Å². The first-order valence-electron chi connectivity index (χ1n) is 10.6. The van der Waals surface area contributed by atoms with E-state index in [1.165, 1.54) is 11.6 Å². The Morgan fingerprint density at radius 1 is 1.13 bits per heavy atom. The Labute approximate surface area is 181 Å². The van der Waals surface area contributed by atoms with Crippen molar-refractivity contribution in [3.8, 4) is 5.75 Å². The number of aryl methyl sites for hydroxylation is 1. The SMILES string of the molecule is CC1(C)Oc2cc3oc(=O)ccc3cc2C[C@@H]1OC(=O)NCCCCc1ccccc1. The van der Waals surface area contributed by atoms with Gasteiger partial charge in [-0.25, -0.2) is 9.59 Å². The lowest BCUT2D eigenvalue weighted by Crippen LogP contribution is -2.50. The van der Waals surface area contributed by atoms with Crippen LogP contribution in [-0.2, 0) is 17.6 Å². The molecule has 0 bridgehead atoms. The molecule has 6 nitrogen and oxygen atoms in total. The average molecular weight is 421 g/mol. The van der Waals surface area contributed by atoms with E-state index in [4.69, 9.17) is 13.9 Å². The number of amides is 1. The monoisotopic (exact) mass is 421 g/mol. The second-order valence-electron chi connectivity index (χ2n) is 8.43. The predicted molar refractivity (Wildman–Crippen MR) is 119 cm³/mol. The Hall–Kier alpha value is -3.28. The zero-order valence-electron chi connectivity index (χ0n) is 17.9. The summed E-state index contributed by atoms with van der Waals surface area (Å²) < 4.78 is 17.1. The maximum atomic E-state index is 12.4. The Morgan fingerprint density at radius 2 is 1.94 bits per heavy atom. The molecule has 3 aromatic rings. The predicted octanol–water partition coefficient (Wildman–Crippen LogP) is 4.62. The molecule has 2 aromatic carbocycles. The van der Waals surface area contributed by atoms with Gasteiger partial charge >= 0.3 is 11.7 Å². The summed E-state index contributed by atoms with van der Waals surface area (Å²) in [4.78, 5) is 23.8. The minimum Gasteiger partial charge on any atom is -0.484 e. The maximum Gasteiger partial charge on any atom is 0.407 e. The highest BCUT2D eigenvalue weighted by atomic mass is 16.6. The summed E-state index contributed by atoms with van der Waals surface area (Å²) >= 11 is 0. The number of hydrogen-bond donors (Lipinski definition) is 1. The molecule has 2 heterocycles. The fraction of sp³-hybridized carbons (Fsp3) is 0.360. The summed E-state index contributed by atoms with van der Waals surface area (Å²) in [5.74, 6) is 0.646. The van der Waals surface area contributed by atoms with Gasteiger partial charge in [0, 0.05) is 30.5 Å². The van der Waals surface area contributed by atoms with Gasteiger partial charge in [-0.3, -0.25) is 0 Å². The zero-order chi connectivity index (χ0) is 21.8. The molecule has 0 unspecified atom stereocenters. The van der Waals surface area contributed by atoms with E-state index in [-0.39, 0.29) is 0 Å². The topological polar surface area (TPSA) is 77.8 Å². The number of ether oxygens (including phenoxy) is 2. The van der Waals surface area contributed by atoms with E-state index in [9.17, 15) is 9.59 Å². The molecule has 1 aromatic heterocycles. The summed E-state index contributed by atoms with van der Waals surface area (Å²) in [5, 5.41) is 3.66. The van der Waals surface area contributed by atoms with Crippen molar-refractivity contribution in [1.82, 2.24) is 5.32 Å². The average Bonchev–Trinajstić information content (AvgIpc) is 2.73. The lowest BCUT2D eigenvalue weighted by atomic mass is 9.90. The van der Waals surface area contributed by atoms with Crippen LogP contribution in [0.3, 0.4) is 0 Å². The van der Waals surface area contributed by atoms with E-state index in [0.717, 1.165) is 30.2 Å². The quantitative estimate of drug-likeness (QED) is 0.464. The number of alkyl carbamates (subject to hydrolysis) is 1. The summed E-state index contributed by atoms with van der Waals surface area (Å²) in [6.45, 7) is 4.35. The first-order chi connectivity index (χ1) is 14.9. The number of carbonyl (C=O) groups is 1. The van der Waals surface area contributed by atoms with Gasteiger partial charge in [0.1, 0.15) is 23.0 Å². The Morgan fingerprint density at radius 3 is 2.74 bits per heavy atom. The van der Waals surface area contributed by atoms with E-state index in [0.29, 0.717) is 24.3 Å². The van der Waals surface area contributed by atoms with Crippen molar-refractivity contribution in [1.29, 1.82) is 0 Å². The lowest BCUT2D eigenvalue weighted by Gasteiger charge is -2.39. The Kier molecular flexibility index (Phi) is 5.98. The van der Waals surface area contributed by atoms with Crippen LogP contribution < -0.4 is 15.7 Å². The summed E-state index contributed by atoms with van der Waals surface area (Å²) in [6.07, 6.45) is 2.53. The lowest BCUT2D eigenvalue weighted by molar-refractivity contribution is -0.0494. The molecule has 0 fully saturated rings. The third-order valence-corrected chi connectivity index (χ3v) is 5.61. The first-order valence-corrected chi connectivity index (χ1v) is 10.6. The summed E-state index contributed by atoms with van der Waals surface area (Å²) in [5.41, 5.74) is 1.59. The normalized spacial score (nSPS) is 16.9. The van der Waals surface area contributed by atoms with Crippen LogP contribution in [0.4, 0.5) is 4.79 Å². The maximum absolute atomic E-state index is 12.4. The molecule has 6 heteroatoms. The number of fused-ring (bicyclic) bond motifs is 2. The first kappa shape index (κ1) is 21.0. The van der Waals surface area contributed by atoms with Crippen molar-refractivity contribution in [2.75, 3.05) is 6.54 Å². The van der Waals surface area contributed by atoms with Gasteiger partial charge in [-0.05, 0) is 56.4 Å². The molecule has 0 radical (unpaired) electrons. The van der Waals surface area contributed by atoms with Crippen molar-refractivity contribution in [2.45, 2.75) is 51.2 Å². The third kappa shape index (κ3) is 5.08. The summed E-state index contributed by atoms with van der Waals surface area (Å²) in [7, 11) is 0. The van der Waals surface area contributed by atoms with Gasteiger partial charge < -0.3 is 19.2 Å². The van der Waals surface area contributed by atoms with Crippen LogP contribution in [0.2, 0.25) is 0 Å². The number of hydrogen-bond acceptors (Lipinski definition) is 5. The van der Waals surface area contributed by atoms with Crippen LogP contribution in [0.25, 0.3) is 11.0 Å². The number of rotatable bonds is 6. The largest absolute Gasteiger partial charge is 0.484 e. The number of nitrogens with one attached hydrogen (secondary N) is 1. The van der Waals surface area contributed by atoms with Gasteiger partial charge in [0.25, 0.3) is 0 Å². The molecule has 1 aliphatic rings. The van der Waals surface area contributed by atoms with Crippen LogP contribution in [0.1, 0.15) is 37.8 Å². The second-order valence-corrected chi connectivity index (χ2v) is 8.43. The third-order valence-electron chi connectivity index (χ3n) is 5.61. The van der Waals surface area contributed by atoms with E-state index in [2.05, 4.69) is 17.4 Å². The van der Waals surface area contributed by atoms with E-state index in [1.807, 2.05) is 38.1 Å². The highest BCUT2D eigenvalue weighted by Gasteiger charge is 2.40. The van der Waals surface area contributed by atoms with Crippen molar-refractivity contribution in [3.05, 3.63) is 76.1 Å².